The number of hydrogen-bond donors (Lipinski definition) is 0. The molecule has 0 aliphatic heterocycles. The lowest BCUT2D eigenvalue weighted by Crippen LogP contribution is -1.71. The molecule has 0 aliphatic rings. The molecule has 4 rings (SSSR count). The van der Waals surface area contributed by atoms with Crippen LogP contribution in [0.15, 0.2) is 35.0 Å². The second-order valence-electron chi connectivity index (χ2n) is 5.03. The van der Waals surface area contributed by atoms with E-state index in [-0.39, 0.29) is 0 Å². The highest BCUT2D eigenvalue weighted by atomic mass is 32.1. The number of thiophene rings is 4. The van der Waals surface area contributed by atoms with Gasteiger partial charge in [0.1, 0.15) is 0 Å². The van der Waals surface area contributed by atoms with E-state index in [9.17, 15) is 0 Å². The molecule has 0 fully saturated rings. The molecular formula is C20H12S4. The zero-order valence-electron chi connectivity index (χ0n) is 13.1. The highest BCUT2D eigenvalue weighted by Crippen LogP contribution is 2.45. The maximum atomic E-state index is 3.20. The lowest BCUT2D eigenvalue weighted by Gasteiger charge is -1.94. The number of rotatable bonds is 2. The minimum Gasteiger partial charge on any atom is -0.142 e. The van der Waals surface area contributed by atoms with Gasteiger partial charge in [0.25, 0.3) is 0 Å². The molecule has 0 saturated carbocycles. The molecule has 4 heteroatoms. The van der Waals surface area contributed by atoms with Crippen molar-refractivity contribution in [3.05, 3.63) is 46.2 Å². The quantitative estimate of drug-likeness (QED) is 0.324. The Morgan fingerprint density at radius 1 is 0.708 bits per heavy atom. The normalized spacial score (nSPS) is 10.2. The molecule has 0 aromatic carbocycles. The Hall–Kier alpha value is -1.82. The van der Waals surface area contributed by atoms with Crippen molar-refractivity contribution >= 4 is 54.7 Å². The van der Waals surface area contributed by atoms with Crippen molar-refractivity contribution in [2.24, 2.45) is 0 Å². The number of hydrogen-bond acceptors (Lipinski definition) is 4. The minimum absolute atomic E-state index is 1.13. The highest BCUT2D eigenvalue weighted by molar-refractivity contribution is 7.33. The largest absolute Gasteiger partial charge is 0.142 e. The molecule has 0 atom stereocenters. The van der Waals surface area contributed by atoms with Crippen LogP contribution in [-0.2, 0) is 0 Å². The Morgan fingerprint density at radius 3 is 1.58 bits per heavy atom. The van der Waals surface area contributed by atoms with E-state index in [0.29, 0.717) is 0 Å². The van der Waals surface area contributed by atoms with Crippen molar-refractivity contribution in [1.82, 2.24) is 0 Å². The summed E-state index contributed by atoms with van der Waals surface area (Å²) in [6.07, 6.45) is 0. The molecule has 0 amide bonds. The van der Waals surface area contributed by atoms with Crippen LogP contribution >= 0.6 is 45.3 Å². The first-order valence-corrected chi connectivity index (χ1v) is 10.7. The molecule has 4 aromatic rings. The summed E-state index contributed by atoms with van der Waals surface area (Å²) >= 11 is 7.25. The Bertz CT molecular complexity index is 1020. The fraction of sp³-hybridized carbons (Fsp3) is 0.100. The lowest BCUT2D eigenvalue weighted by atomic mass is 10.2. The Balaban J connectivity index is 1.77. The van der Waals surface area contributed by atoms with Crippen LogP contribution in [0, 0.1) is 23.7 Å². The van der Waals surface area contributed by atoms with Crippen molar-refractivity contribution < 1.29 is 0 Å². The van der Waals surface area contributed by atoms with Crippen LogP contribution in [-0.4, -0.2) is 0 Å². The molecule has 24 heavy (non-hydrogen) atoms. The number of fused-ring (bicyclic) bond motifs is 1. The van der Waals surface area contributed by atoms with Crippen molar-refractivity contribution in [3.63, 3.8) is 0 Å². The van der Waals surface area contributed by atoms with Crippen LogP contribution in [0.5, 0.6) is 0 Å². The Kier molecular flexibility index (Phi) is 4.31. The second kappa shape index (κ2) is 6.59. The van der Waals surface area contributed by atoms with E-state index in [0.717, 1.165) is 11.1 Å². The highest BCUT2D eigenvalue weighted by Gasteiger charge is 2.14. The first-order valence-electron chi connectivity index (χ1n) is 7.34. The molecule has 116 valence electrons. The third-order valence-electron chi connectivity index (χ3n) is 3.50. The van der Waals surface area contributed by atoms with Crippen LogP contribution in [0.1, 0.15) is 25.0 Å². The topological polar surface area (TPSA) is 0 Å². The molecule has 0 N–H and O–H groups in total. The van der Waals surface area contributed by atoms with E-state index in [4.69, 9.17) is 0 Å². The summed E-state index contributed by atoms with van der Waals surface area (Å²) in [6.45, 7) is 3.77. The van der Waals surface area contributed by atoms with Crippen LogP contribution in [0.2, 0.25) is 0 Å². The van der Waals surface area contributed by atoms with Gasteiger partial charge in [-0.1, -0.05) is 11.8 Å². The maximum Gasteiger partial charge on any atom is 0.0599 e. The first kappa shape index (κ1) is 15.7. The summed E-state index contributed by atoms with van der Waals surface area (Å²) in [6, 6.07) is 8.83. The SMILES string of the molecule is CC#Cc1ccsc1-c1cc2sc(-c3sccc3C#CC)cc2s1. The van der Waals surface area contributed by atoms with Gasteiger partial charge >= 0.3 is 0 Å². The summed E-state index contributed by atoms with van der Waals surface area (Å²) in [5.41, 5.74) is 2.27. The monoisotopic (exact) mass is 380 g/mol. The van der Waals surface area contributed by atoms with Gasteiger partial charge in [0.05, 0.1) is 9.75 Å². The van der Waals surface area contributed by atoms with Gasteiger partial charge in [0, 0.05) is 30.3 Å². The van der Waals surface area contributed by atoms with E-state index in [1.54, 1.807) is 22.7 Å². The fourth-order valence-electron chi connectivity index (χ4n) is 2.53. The van der Waals surface area contributed by atoms with Crippen molar-refractivity contribution in [2.75, 3.05) is 0 Å². The van der Waals surface area contributed by atoms with Gasteiger partial charge in [-0.3, -0.25) is 0 Å². The summed E-state index contributed by atoms with van der Waals surface area (Å²) in [4.78, 5) is 5.20. The van der Waals surface area contributed by atoms with Gasteiger partial charge in [-0.25, -0.2) is 0 Å². The zero-order chi connectivity index (χ0) is 16.5. The lowest BCUT2D eigenvalue weighted by molar-refractivity contribution is 1.80. The average Bonchev–Trinajstić information content (AvgIpc) is 3.28. The molecule has 4 heterocycles. The average molecular weight is 381 g/mol. The van der Waals surface area contributed by atoms with Crippen molar-refractivity contribution in [2.45, 2.75) is 13.8 Å². The van der Waals surface area contributed by atoms with Crippen LogP contribution in [0.3, 0.4) is 0 Å². The summed E-state index contributed by atoms with van der Waals surface area (Å²) in [7, 11) is 0. The van der Waals surface area contributed by atoms with Crippen molar-refractivity contribution in [3.8, 4) is 43.2 Å². The van der Waals surface area contributed by atoms with Crippen LogP contribution in [0.4, 0.5) is 0 Å². The third-order valence-corrected chi connectivity index (χ3v) is 7.99. The van der Waals surface area contributed by atoms with Gasteiger partial charge in [0.2, 0.25) is 0 Å². The van der Waals surface area contributed by atoms with Gasteiger partial charge in [-0.15, -0.1) is 57.2 Å². The molecule has 0 saturated heterocycles. The van der Waals surface area contributed by atoms with Gasteiger partial charge in [0.15, 0.2) is 0 Å². The molecule has 0 bridgehead atoms. The molecule has 4 aromatic heterocycles. The minimum atomic E-state index is 1.13. The van der Waals surface area contributed by atoms with E-state index in [2.05, 4.69) is 58.7 Å². The van der Waals surface area contributed by atoms with Gasteiger partial charge < -0.3 is 0 Å². The third kappa shape index (κ3) is 2.73. The van der Waals surface area contributed by atoms with Crippen LogP contribution in [0.25, 0.3) is 28.9 Å². The van der Waals surface area contributed by atoms with E-state index in [1.165, 1.54) is 28.9 Å². The van der Waals surface area contributed by atoms with Crippen LogP contribution < -0.4 is 0 Å². The van der Waals surface area contributed by atoms with Crippen molar-refractivity contribution in [1.29, 1.82) is 0 Å². The molecule has 0 nitrogen and oxygen atoms in total. The Labute approximate surface area is 157 Å². The van der Waals surface area contributed by atoms with E-state index < -0.39 is 0 Å². The first-order chi connectivity index (χ1) is 11.8. The maximum absolute atomic E-state index is 3.20. The molecule has 0 unspecified atom stereocenters. The zero-order valence-corrected chi connectivity index (χ0v) is 16.4. The Morgan fingerprint density at radius 2 is 1.17 bits per heavy atom. The fourth-order valence-corrected chi connectivity index (χ4v) is 6.89. The molecule has 0 spiro atoms. The molecule has 0 aliphatic carbocycles. The summed E-state index contributed by atoms with van der Waals surface area (Å²) in [5.74, 6) is 12.4. The second-order valence-corrected chi connectivity index (χ2v) is 9.03. The van der Waals surface area contributed by atoms with E-state index >= 15 is 0 Å². The predicted molar refractivity (Wildman–Crippen MR) is 111 cm³/mol. The predicted octanol–water partition coefficient (Wildman–Crippen LogP) is 7.16. The standard InChI is InChI=1S/C20H12S4/c1-3-5-13-7-9-21-19(13)17-11-15-16(23-17)12-18(24-15)20-14(6-4-2)8-10-22-20/h7-12H,1-2H3. The summed E-state index contributed by atoms with van der Waals surface area (Å²) in [5, 5.41) is 4.24. The molecule has 0 radical (unpaired) electrons. The summed E-state index contributed by atoms with van der Waals surface area (Å²) < 4.78 is 2.69. The van der Waals surface area contributed by atoms with Gasteiger partial charge in [-0.05, 0) is 48.9 Å². The van der Waals surface area contributed by atoms with Gasteiger partial charge in [-0.2, -0.15) is 0 Å². The smallest absolute Gasteiger partial charge is 0.0599 e. The van der Waals surface area contributed by atoms with E-state index in [1.807, 2.05) is 36.5 Å². The molecular weight excluding hydrogens is 368 g/mol.